The maximum atomic E-state index is 9.78. The molecule has 0 aliphatic heterocycles. The van der Waals surface area contributed by atoms with E-state index in [1.54, 1.807) is 0 Å². The van der Waals surface area contributed by atoms with Crippen LogP contribution in [0.2, 0.25) is 0 Å². The summed E-state index contributed by atoms with van der Waals surface area (Å²) in [5.74, 6) is 0. The Kier molecular flexibility index (Phi) is 4.45. The first kappa shape index (κ1) is 13.3. The predicted molar refractivity (Wildman–Crippen MR) is 71.2 cm³/mol. The zero-order valence-corrected chi connectivity index (χ0v) is 11.4. The second kappa shape index (κ2) is 5.68. The van der Waals surface area contributed by atoms with Gasteiger partial charge in [-0.1, -0.05) is 13.8 Å². The van der Waals surface area contributed by atoms with Crippen LogP contribution in [0.15, 0.2) is 0 Å². The molecule has 0 saturated heterocycles. The minimum absolute atomic E-state index is 0.0205. The van der Waals surface area contributed by atoms with E-state index in [1.807, 2.05) is 0 Å². The van der Waals surface area contributed by atoms with Gasteiger partial charge in [0.1, 0.15) is 0 Å². The lowest BCUT2D eigenvalue weighted by Gasteiger charge is -2.44. The molecule has 17 heavy (non-hydrogen) atoms. The molecule has 2 N–H and O–H groups in total. The van der Waals surface area contributed by atoms with Gasteiger partial charge < -0.3 is 15.3 Å². The van der Waals surface area contributed by atoms with Gasteiger partial charge in [0.05, 0.1) is 6.61 Å². The highest BCUT2D eigenvalue weighted by Crippen LogP contribution is 2.34. The molecule has 2 aliphatic carbocycles. The van der Waals surface area contributed by atoms with E-state index in [0.29, 0.717) is 18.7 Å². The van der Waals surface area contributed by atoms with Gasteiger partial charge in [-0.15, -0.1) is 0 Å². The molecule has 3 heteroatoms. The van der Waals surface area contributed by atoms with E-state index in [-0.39, 0.29) is 5.54 Å². The van der Waals surface area contributed by atoms with E-state index >= 15 is 0 Å². The van der Waals surface area contributed by atoms with Gasteiger partial charge >= 0.3 is 0 Å². The van der Waals surface area contributed by atoms with Gasteiger partial charge in [-0.2, -0.15) is 0 Å². The Hall–Kier alpha value is -0.120. The normalized spacial score (nSPS) is 34.2. The lowest BCUT2D eigenvalue weighted by Crippen LogP contribution is -2.56. The maximum Gasteiger partial charge on any atom is 0.0613 e. The number of hydrogen-bond acceptors (Lipinski definition) is 3. The van der Waals surface area contributed by atoms with Crippen molar-refractivity contribution in [3.63, 3.8) is 0 Å². The van der Waals surface area contributed by atoms with Crippen LogP contribution >= 0.6 is 0 Å². The quantitative estimate of drug-likeness (QED) is 0.742. The van der Waals surface area contributed by atoms with Crippen molar-refractivity contribution in [2.24, 2.45) is 0 Å². The van der Waals surface area contributed by atoms with Crippen molar-refractivity contribution in [2.75, 3.05) is 19.7 Å². The molecule has 2 unspecified atom stereocenters. The molecule has 2 atom stereocenters. The fourth-order valence-corrected chi connectivity index (χ4v) is 3.36. The van der Waals surface area contributed by atoms with Crippen LogP contribution in [0.3, 0.4) is 0 Å². The first-order chi connectivity index (χ1) is 8.23. The van der Waals surface area contributed by atoms with Gasteiger partial charge in [0.2, 0.25) is 0 Å². The van der Waals surface area contributed by atoms with E-state index in [2.05, 4.69) is 24.1 Å². The minimum atomic E-state index is 0.0205. The maximum absolute atomic E-state index is 9.78. The second-order valence-electron chi connectivity index (χ2n) is 5.83. The number of aliphatic hydroxyl groups is 1. The molecule has 0 radical (unpaired) electrons. The molecule has 0 aromatic rings. The molecule has 0 aromatic heterocycles. The van der Waals surface area contributed by atoms with Crippen LogP contribution in [0.4, 0.5) is 0 Å². The van der Waals surface area contributed by atoms with Crippen LogP contribution in [0.25, 0.3) is 0 Å². The molecule has 0 bridgehead atoms. The molecule has 2 aliphatic rings. The smallest absolute Gasteiger partial charge is 0.0613 e. The molecule has 3 nitrogen and oxygen atoms in total. The van der Waals surface area contributed by atoms with Gasteiger partial charge in [0, 0.05) is 17.6 Å². The summed E-state index contributed by atoms with van der Waals surface area (Å²) in [4.78, 5) is 2.55. The summed E-state index contributed by atoms with van der Waals surface area (Å²) in [5, 5.41) is 13.5. The third kappa shape index (κ3) is 3.21. The minimum Gasteiger partial charge on any atom is -0.394 e. The van der Waals surface area contributed by atoms with Gasteiger partial charge in [0.25, 0.3) is 0 Å². The molecule has 2 rings (SSSR count). The second-order valence-corrected chi connectivity index (χ2v) is 5.83. The van der Waals surface area contributed by atoms with Crippen molar-refractivity contribution in [1.82, 2.24) is 10.2 Å². The molecule has 0 aromatic carbocycles. The fourth-order valence-electron chi connectivity index (χ4n) is 3.36. The zero-order valence-electron chi connectivity index (χ0n) is 11.4. The highest BCUT2D eigenvalue weighted by atomic mass is 16.3. The summed E-state index contributed by atoms with van der Waals surface area (Å²) in [6.07, 6.45) is 7.44. The Balaban J connectivity index is 1.97. The van der Waals surface area contributed by atoms with Crippen molar-refractivity contribution >= 4 is 0 Å². The SMILES string of the molecule is CCN(CC)C1CCCC(CO)(NC2CC2)C1. The number of nitrogens with one attached hydrogen (secondary N) is 1. The van der Waals surface area contributed by atoms with Crippen molar-refractivity contribution in [1.29, 1.82) is 0 Å². The van der Waals surface area contributed by atoms with E-state index < -0.39 is 0 Å². The molecule has 100 valence electrons. The topological polar surface area (TPSA) is 35.5 Å². The first-order valence-corrected chi connectivity index (χ1v) is 7.35. The van der Waals surface area contributed by atoms with Crippen molar-refractivity contribution in [3.05, 3.63) is 0 Å². The summed E-state index contributed by atoms with van der Waals surface area (Å²) in [6.45, 7) is 7.06. The van der Waals surface area contributed by atoms with Gasteiger partial charge in [-0.3, -0.25) is 0 Å². The summed E-state index contributed by atoms with van der Waals surface area (Å²) in [5.41, 5.74) is 0.0205. The van der Waals surface area contributed by atoms with Gasteiger partial charge in [0.15, 0.2) is 0 Å². The van der Waals surface area contributed by atoms with Gasteiger partial charge in [-0.25, -0.2) is 0 Å². The van der Waals surface area contributed by atoms with Crippen LogP contribution in [-0.2, 0) is 0 Å². The Morgan fingerprint density at radius 3 is 2.47 bits per heavy atom. The van der Waals surface area contributed by atoms with E-state index in [9.17, 15) is 5.11 Å². The lowest BCUT2D eigenvalue weighted by molar-refractivity contribution is 0.0621. The monoisotopic (exact) mass is 240 g/mol. The largest absolute Gasteiger partial charge is 0.394 e. The highest BCUT2D eigenvalue weighted by Gasteiger charge is 2.40. The molecular weight excluding hydrogens is 212 g/mol. The van der Waals surface area contributed by atoms with E-state index in [4.69, 9.17) is 0 Å². The molecule has 2 fully saturated rings. The number of aliphatic hydroxyl groups excluding tert-OH is 1. The number of hydrogen-bond donors (Lipinski definition) is 2. The van der Waals surface area contributed by atoms with Crippen LogP contribution in [0.5, 0.6) is 0 Å². The molecule has 2 saturated carbocycles. The average Bonchev–Trinajstić information content (AvgIpc) is 3.15. The molecule has 0 spiro atoms. The number of rotatable bonds is 6. The summed E-state index contributed by atoms with van der Waals surface area (Å²) in [6, 6.07) is 1.36. The third-order valence-corrected chi connectivity index (χ3v) is 4.54. The summed E-state index contributed by atoms with van der Waals surface area (Å²) in [7, 11) is 0. The summed E-state index contributed by atoms with van der Waals surface area (Å²) >= 11 is 0. The predicted octanol–water partition coefficient (Wildman–Crippen LogP) is 1.75. The first-order valence-electron chi connectivity index (χ1n) is 7.35. The lowest BCUT2D eigenvalue weighted by atomic mass is 9.78. The number of nitrogens with zero attached hydrogens (tertiary/aromatic N) is 1. The van der Waals surface area contributed by atoms with Crippen molar-refractivity contribution < 1.29 is 5.11 Å². The molecule has 0 amide bonds. The molecular formula is C14H28N2O. The Labute approximate surface area is 106 Å². The summed E-state index contributed by atoms with van der Waals surface area (Å²) < 4.78 is 0. The average molecular weight is 240 g/mol. The highest BCUT2D eigenvalue weighted by molar-refractivity contribution is 5.00. The van der Waals surface area contributed by atoms with Crippen molar-refractivity contribution in [2.45, 2.75) is 70.0 Å². The third-order valence-electron chi connectivity index (χ3n) is 4.54. The van der Waals surface area contributed by atoms with Crippen molar-refractivity contribution in [3.8, 4) is 0 Å². The van der Waals surface area contributed by atoms with E-state index in [0.717, 1.165) is 25.9 Å². The zero-order chi connectivity index (χ0) is 12.3. The van der Waals surface area contributed by atoms with Crippen LogP contribution in [0.1, 0.15) is 52.4 Å². The Morgan fingerprint density at radius 1 is 1.24 bits per heavy atom. The van der Waals surface area contributed by atoms with Crippen LogP contribution < -0.4 is 5.32 Å². The fraction of sp³-hybridized carbons (Fsp3) is 1.00. The van der Waals surface area contributed by atoms with Crippen LogP contribution in [-0.4, -0.2) is 47.3 Å². The molecule has 0 heterocycles. The Bertz CT molecular complexity index is 238. The van der Waals surface area contributed by atoms with Gasteiger partial charge in [-0.05, 0) is 51.6 Å². The van der Waals surface area contributed by atoms with E-state index in [1.165, 1.54) is 25.7 Å². The standard InChI is InChI=1S/C14H28N2O/c1-3-16(4-2)13-6-5-9-14(10-13,11-17)15-12-7-8-12/h12-13,15,17H,3-11H2,1-2H3. The van der Waals surface area contributed by atoms with Crippen LogP contribution in [0, 0.1) is 0 Å². The Morgan fingerprint density at radius 2 is 1.94 bits per heavy atom.